The Kier molecular flexibility index (Phi) is 3.27. The van der Waals surface area contributed by atoms with E-state index < -0.39 is 0 Å². The van der Waals surface area contributed by atoms with Crippen molar-refractivity contribution in [3.8, 4) is 5.13 Å². The van der Waals surface area contributed by atoms with Crippen LogP contribution in [0.2, 0.25) is 0 Å². The summed E-state index contributed by atoms with van der Waals surface area (Å²) in [4.78, 5) is 4.59. The first-order valence-corrected chi connectivity index (χ1v) is 7.86. The topological polar surface area (TPSA) is 49.2 Å². The zero-order valence-corrected chi connectivity index (χ0v) is 14.1. The van der Waals surface area contributed by atoms with E-state index in [-0.39, 0.29) is 18.3 Å². The smallest absolute Gasteiger partial charge is 0.399 e. The molecule has 112 valence electrons. The summed E-state index contributed by atoms with van der Waals surface area (Å²) in [7, 11) is -0.363. The van der Waals surface area contributed by atoms with E-state index in [1.807, 2.05) is 26.2 Å². The lowest BCUT2D eigenvalue weighted by atomic mass is 9.86. The minimum absolute atomic E-state index is 0.337. The maximum atomic E-state index is 6.10. The lowest BCUT2D eigenvalue weighted by molar-refractivity contribution is 0.00578. The van der Waals surface area contributed by atoms with E-state index in [2.05, 4.69) is 37.8 Å². The summed E-state index contributed by atoms with van der Waals surface area (Å²) >= 11 is 1.56. The highest BCUT2D eigenvalue weighted by Gasteiger charge is 2.52. The van der Waals surface area contributed by atoms with Crippen LogP contribution in [0.15, 0.2) is 12.4 Å². The summed E-state index contributed by atoms with van der Waals surface area (Å²) in [6.07, 6.45) is 3.79. The third-order valence-corrected chi connectivity index (χ3v) is 5.36. The van der Waals surface area contributed by atoms with Crippen molar-refractivity contribution in [2.45, 2.75) is 52.7 Å². The van der Waals surface area contributed by atoms with Gasteiger partial charge >= 0.3 is 7.12 Å². The minimum Gasteiger partial charge on any atom is -0.399 e. The fourth-order valence-electron chi connectivity index (χ4n) is 2.18. The summed E-state index contributed by atoms with van der Waals surface area (Å²) in [6.45, 7) is 12.2. The van der Waals surface area contributed by atoms with Crippen molar-refractivity contribution in [3.05, 3.63) is 23.7 Å². The Bertz CT molecular complexity index is 662. The van der Waals surface area contributed by atoms with Gasteiger partial charge in [-0.15, -0.1) is 11.3 Å². The normalized spacial score (nSPS) is 20.2. The van der Waals surface area contributed by atoms with E-state index in [9.17, 15) is 0 Å². The number of aryl methyl sites for hydroxylation is 2. The largest absolute Gasteiger partial charge is 0.507 e. The molecule has 2 aromatic heterocycles. The molecule has 21 heavy (non-hydrogen) atoms. The summed E-state index contributed by atoms with van der Waals surface area (Å²) in [5.74, 6) is 0. The van der Waals surface area contributed by atoms with Crippen molar-refractivity contribution < 1.29 is 9.31 Å². The Morgan fingerprint density at radius 2 is 1.76 bits per heavy atom. The van der Waals surface area contributed by atoms with Gasteiger partial charge in [0, 0.05) is 6.20 Å². The van der Waals surface area contributed by atoms with Crippen LogP contribution in [-0.2, 0) is 9.31 Å². The minimum atomic E-state index is -0.363. The van der Waals surface area contributed by atoms with Crippen LogP contribution in [0.4, 0.5) is 0 Å². The molecule has 1 fully saturated rings. The van der Waals surface area contributed by atoms with Crippen molar-refractivity contribution in [1.82, 2.24) is 14.8 Å². The molecule has 0 atom stereocenters. The molecular formula is C14H20BN3O2S. The third-order valence-electron chi connectivity index (χ3n) is 4.20. The highest BCUT2D eigenvalue weighted by Crippen LogP contribution is 2.37. The van der Waals surface area contributed by atoms with Gasteiger partial charge < -0.3 is 9.31 Å². The van der Waals surface area contributed by atoms with E-state index in [4.69, 9.17) is 9.31 Å². The average Bonchev–Trinajstić information content (AvgIpc) is 2.98. The van der Waals surface area contributed by atoms with E-state index in [0.29, 0.717) is 0 Å². The standard InChI is InChI=1S/C14H20BN3O2S/c1-9-7-16-18(8-9)12-17-10(2)11(21-12)15-19-13(3,4)14(5,6)20-15/h7-8H,1-6H3. The Labute approximate surface area is 129 Å². The SMILES string of the molecule is Cc1cnn(-c2nc(C)c(B3OC(C)(C)C(C)(C)O3)s2)c1. The highest BCUT2D eigenvalue weighted by atomic mass is 32.1. The second kappa shape index (κ2) is 4.66. The molecule has 0 aromatic carbocycles. The first-order chi connectivity index (χ1) is 9.69. The quantitative estimate of drug-likeness (QED) is 0.799. The van der Waals surface area contributed by atoms with Crippen LogP contribution in [0.3, 0.4) is 0 Å². The van der Waals surface area contributed by atoms with E-state index in [1.54, 1.807) is 16.0 Å². The number of aromatic nitrogens is 3. The predicted molar refractivity (Wildman–Crippen MR) is 84.4 cm³/mol. The Hall–Kier alpha value is -1.18. The van der Waals surface area contributed by atoms with Crippen molar-refractivity contribution in [2.75, 3.05) is 0 Å². The number of hydrogen-bond acceptors (Lipinski definition) is 5. The molecule has 0 N–H and O–H groups in total. The van der Waals surface area contributed by atoms with Gasteiger partial charge in [-0.2, -0.15) is 5.10 Å². The summed E-state index contributed by atoms with van der Waals surface area (Å²) in [5.41, 5.74) is 1.37. The molecule has 1 aliphatic heterocycles. The Morgan fingerprint density at radius 1 is 1.14 bits per heavy atom. The average molecular weight is 305 g/mol. The van der Waals surface area contributed by atoms with Gasteiger partial charge in [0.15, 0.2) is 0 Å². The van der Waals surface area contributed by atoms with E-state index in [1.165, 1.54) is 0 Å². The van der Waals surface area contributed by atoms with Crippen LogP contribution in [0, 0.1) is 13.8 Å². The fourth-order valence-corrected chi connectivity index (χ4v) is 3.14. The molecule has 0 spiro atoms. The van der Waals surface area contributed by atoms with Gasteiger partial charge in [0.1, 0.15) is 0 Å². The predicted octanol–water partition coefficient (Wildman–Crippen LogP) is 2.24. The molecule has 0 amide bonds. The molecular weight excluding hydrogens is 285 g/mol. The number of rotatable bonds is 2. The second-order valence-electron chi connectivity index (χ2n) is 6.50. The number of thiazole rings is 1. The van der Waals surface area contributed by atoms with Crippen molar-refractivity contribution in [3.63, 3.8) is 0 Å². The van der Waals surface area contributed by atoms with Gasteiger partial charge in [-0.25, -0.2) is 9.67 Å². The molecule has 3 heterocycles. The summed E-state index contributed by atoms with van der Waals surface area (Å²) < 4.78 is 15.0. The van der Waals surface area contributed by atoms with E-state index in [0.717, 1.165) is 21.2 Å². The molecule has 3 rings (SSSR count). The molecule has 2 aromatic rings. The highest BCUT2D eigenvalue weighted by molar-refractivity contribution is 7.24. The lowest BCUT2D eigenvalue weighted by Crippen LogP contribution is -2.41. The van der Waals surface area contributed by atoms with E-state index >= 15 is 0 Å². The molecule has 5 nitrogen and oxygen atoms in total. The second-order valence-corrected chi connectivity index (χ2v) is 7.51. The fraction of sp³-hybridized carbons (Fsp3) is 0.571. The maximum absolute atomic E-state index is 6.10. The van der Waals surface area contributed by atoms with Crippen LogP contribution < -0.4 is 4.78 Å². The molecule has 0 radical (unpaired) electrons. The summed E-state index contributed by atoms with van der Waals surface area (Å²) in [6, 6.07) is 0. The number of nitrogens with zero attached hydrogens (tertiary/aromatic N) is 3. The molecule has 1 saturated heterocycles. The van der Waals surface area contributed by atoms with Gasteiger partial charge in [0.25, 0.3) is 0 Å². The van der Waals surface area contributed by atoms with Gasteiger partial charge in [0.05, 0.1) is 27.9 Å². The maximum Gasteiger partial charge on any atom is 0.507 e. The molecule has 0 bridgehead atoms. The lowest BCUT2D eigenvalue weighted by Gasteiger charge is -2.32. The third kappa shape index (κ3) is 2.43. The van der Waals surface area contributed by atoms with Crippen LogP contribution >= 0.6 is 11.3 Å². The Balaban J connectivity index is 1.93. The van der Waals surface area contributed by atoms with Crippen LogP contribution in [0.5, 0.6) is 0 Å². The van der Waals surface area contributed by atoms with Crippen LogP contribution in [0.1, 0.15) is 39.0 Å². The van der Waals surface area contributed by atoms with Crippen LogP contribution in [-0.4, -0.2) is 33.1 Å². The van der Waals surface area contributed by atoms with Crippen molar-refractivity contribution in [1.29, 1.82) is 0 Å². The molecule has 0 saturated carbocycles. The zero-order chi connectivity index (χ0) is 15.4. The monoisotopic (exact) mass is 305 g/mol. The molecule has 0 unspecified atom stereocenters. The molecule has 1 aliphatic rings. The van der Waals surface area contributed by atoms with Gasteiger partial charge in [-0.3, -0.25) is 0 Å². The van der Waals surface area contributed by atoms with Crippen molar-refractivity contribution >= 4 is 23.2 Å². The zero-order valence-electron chi connectivity index (χ0n) is 13.3. The molecule has 0 aliphatic carbocycles. The van der Waals surface area contributed by atoms with Crippen molar-refractivity contribution in [2.24, 2.45) is 0 Å². The van der Waals surface area contributed by atoms with Gasteiger partial charge in [-0.05, 0) is 47.1 Å². The number of hydrogen-bond donors (Lipinski definition) is 0. The summed E-state index contributed by atoms with van der Waals surface area (Å²) in [5, 5.41) is 5.15. The van der Waals surface area contributed by atoms with Gasteiger partial charge in [-0.1, -0.05) is 0 Å². The Morgan fingerprint density at radius 3 is 2.29 bits per heavy atom. The van der Waals surface area contributed by atoms with Crippen LogP contribution in [0.25, 0.3) is 5.13 Å². The first-order valence-electron chi connectivity index (χ1n) is 7.04. The molecule has 7 heteroatoms. The first kappa shape index (κ1) is 14.7. The van der Waals surface area contributed by atoms with Gasteiger partial charge in [0.2, 0.25) is 5.13 Å².